The molecule has 3 aromatic carbocycles. The van der Waals surface area contributed by atoms with E-state index in [1.54, 1.807) is 6.07 Å². The van der Waals surface area contributed by atoms with Crippen LogP contribution >= 0.6 is 0 Å². The molecular formula is C38H41F3O8S. The summed E-state index contributed by atoms with van der Waals surface area (Å²) in [5, 5.41) is 0. The van der Waals surface area contributed by atoms with Gasteiger partial charge >= 0.3 is 22.1 Å². The van der Waals surface area contributed by atoms with Crippen LogP contribution in [-0.4, -0.2) is 47.9 Å². The van der Waals surface area contributed by atoms with Crippen LogP contribution in [0.25, 0.3) is 22.3 Å². The third kappa shape index (κ3) is 8.23. The number of ether oxygens (including phenoxy) is 3. The van der Waals surface area contributed by atoms with Gasteiger partial charge in [0.15, 0.2) is 11.6 Å². The highest BCUT2D eigenvalue weighted by Gasteiger charge is 2.34. The second-order valence-electron chi connectivity index (χ2n) is 13.4. The van der Waals surface area contributed by atoms with Crippen molar-refractivity contribution in [1.82, 2.24) is 0 Å². The molecule has 12 heteroatoms. The molecule has 0 saturated heterocycles. The van der Waals surface area contributed by atoms with Gasteiger partial charge in [0, 0.05) is 16.7 Å². The van der Waals surface area contributed by atoms with Crippen LogP contribution in [0.2, 0.25) is 0 Å². The van der Waals surface area contributed by atoms with Crippen LogP contribution in [-0.2, 0) is 19.6 Å². The van der Waals surface area contributed by atoms with Crippen LogP contribution in [0.1, 0.15) is 85.2 Å². The van der Waals surface area contributed by atoms with Crippen molar-refractivity contribution in [2.45, 2.75) is 53.4 Å². The molecule has 2 aliphatic carbocycles. The number of carbonyl (C=O) groups excluding carboxylic acids is 2. The topological polar surface area (TPSA) is 105 Å². The Hall–Kier alpha value is -4.58. The molecule has 8 nitrogen and oxygen atoms in total. The average Bonchev–Trinajstić information content (AvgIpc) is 3.60. The zero-order chi connectivity index (χ0) is 37.2. The molecule has 0 unspecified atom stereocenters. The lowest BCUT2D eigenvalue weighted by Gasteiger charge is -2.25. The lowest BCUT2D eigenvalue weighted by atomic mass is 9.79. The molecule has 0 amide bonds. The third-order valence-corrected chi connectivity index (χ3v) is 9.40. The molecule has 0 radical (unpaired) electrons. The van der Waals surface area contributed by atoms with E-state index in [1.165, 1.54) is 45.6 Å². The first-order valence-electron chi connectivity index (χ1n) is 15.8. The van der Waals surface area contributed by atoms with Crippen LogP contribution in [0.3, 0.4) is 0 Å². The van der Waals surface area contributed by atoms with Crippen molar-refractivity contribution < 1.29 is 49.6 Å². The highest BCUT2D eigenvalue weighted by Crippen LogP contribution is 2.49. The second kappa shape index (κ2) is 14.7. The van der Waals surface area contributed by atoms with E-state index in [0.717, 1.165) is 55.2 Å². The third-order valence-electron chi connectivity index (χ3n) is 8.93. The minimum Gasteiger partial charge on any atom is -0.497 e. The molecule has 268 valence electrons. The number of carbonyl (C=O) groups is 2. The Morgan fingerprint density at radius 1 is 0.680 bits per heavy atom. The van der Waals surface area contributed by atoms with E-state index >= 15 is 4.39 Å². The van der Waals surface area contributed by atoms with E-state index in [2.05, 4.69) is 18.6 Å². The van der Waals surface area contributed by atoms with Crippen molar-refractivity contribution in [2.75, 3.05) is 27.6 Å². The molecule has 0 saturated carbocycles. The standard InChI is InChI=1S/C22H22F2O3.C16H19FO5S/c1-22(2)9-5-6-17(22)15-10-13(21(25)27-4)11-19(24)20(15)16-12-14(26-3)7-8-18(16)23;1-16(2)7-5-6-12(16)11-8-10(15(18)21-3)9-13(17)14(11)22-23(4,19)20/h6-8,10-12H,5,9H2,1-4H3;6,8-9H,5,7H2,1-4H3. The summed E-state index contributed by atoms with van der Waals surface area (Å²) in [5.41, 5.74) is 2.24. The highest BCUT2D eigenvalue weighted by molar-refractivity contribution is 7.86. The number of methoxy groups -OCH3 is 3. The number of hydrogen-bond donors (Lipinski definition) is 0. The molecule has 0 N–H and O–H groups in total. The summed E-state index contributed by atoms with van der Waals surface area (Å²) >= 11 is 0. The predicted molar refractivity (Wildman–Crippen MR) is 185 cm³/mol. The van der Waals surface area contributed by atoms with Crippen LogP contribution in [0.4, 0.5) is 13.2 Å². The summed E-state index contributed by atoms with van der Waals surface area (Å²) in [5.74, 6) is -3.45. The maximum atomic E-state index is 15.2. The van der Waals surface area contributed by atoms with Crippen LogP contribution in [0.5, 0.6) is 11.5 Å². The Balaban J connectivity index is 0.000000228. The minimum absolute atomic E-state index is 0.00412. The van der Waals surface area contributed by atoms with Crippen molar-refractivity contribution in [1.29, 1.82) is 0 Å². The lowest BCUT2D eigenvalue weighted by molar-refractivity contribution is 0.0591. The zero-order valence-corrected chi connectivity index (χ0v) is 30.1. The van der Waals surface area contributed by atoms with Crippen molar-refractivity contribution in [3.8, 4) is 22.6 Å². The maximum Gasteiger partial charge on any atom is 0.337 e. The average molecular weight is 715 g/mol. The van der Waals surface area contributed by atoms with E-state index in [9.17, 15) is 26.8 Å². The van der Waals surface area contributed by atoms with Crippen molar-refractivity contribution in [3.05, 3.63) is 94.3 Å². The fraction of sp³-hybridized carbons (Fsp3) is 0.368. The molecular weight excluding hydrogens is 673 g/mol. The minimum atomic E-state index is -3.91. The molecule has 0 atom stereocenters. The fourth-order valence-corrected chi connectivity index (χ4v) is 6.81. The Morgan fingerprint density at radius 2 is 1.18 bits per heavy atom. The summed E-state index contributed by atoms with van der Waals surface area (Å²) in [6.07, 6.45) is 8.13. The van der Waals surface area contributed by atoms with Gasteiger partial charge in [0.1, 0.15) is 17.4 Å². The quantitative estimate of drug-likeness (QED) is 0.169. The van der Waals surface area contributed by atoms with E-state index in [1.807, 2.05) is 26.0 Å². The van der Waals surface area contributed by atoms with E-state index in [4.69, 9.17) is 13.7 Å². The Morgan fingerprint density at radius 3 is 1.64 bits per heavy atom. The molecule has 0 fully saturated rings. The SMILES string of the molecule is COC(=O)c1cc(F)c(-c2cc(OC)ccc2F)c(C2=CCCC2(C)C)c1.COC(=O)c1cc(F)c(OS(C)(=O)=O)c(C2=CCCC2(C)C)c1. The molecule has 50 heavy (non-hydrogen) atoms. The number of esters is 2. The smallest absolute Gasteiger partial charge is 0.337 e. The van der Waals surface area contributed by atoms with Crippen LogP contribution < -0.4 is 8.92 Å². The molecule has 0 aromatic heterocycles. The number of halogens is 3. The highest BCUT2D eigenvalue weighted by atomic mass is 32.2. The Kier molecular flexibility index (Phi) is 11.3. The van der Waals surface area contributed by atoms with Crippen molar-refractivity contribution in [3.63, 3.8) is 0 Å². The molecule has 0 bridgehead atoms. The fourth-order valence-electron chi connectivity index (χ4n) is 6.34. The molecule has 3 aromatic rings. The van der Waals surface area contributed by atoms with E-state index in [-0.39, 0.29) is 44.4 Å². The van der Waals surface area contributed by atoms with Gasteiger partial charge in [-0.2, -0.15) is 8.42 Å². The summed E-state index contributed by atoms with van der Waals surface area (Å²) in [6.45, 7) is 8.05. The lowest BCUT2D eigenvalue weighted by Crippen LogP contribution is -2.15. The molecule has 2 aliphatic rings. The largest absolute Gasteiger partial charge is 0.497 e. The molecule has 0 spiro atoms. The van der Waals surface area contributed by atoms with Gasteiger partial charge in [-0.15, -0.1) is 0 Å². The zero-order valence-electron chi connectivity index (χ0n) is 29.3. The van der Waals surface area contributed by atoms with Gasteiger partial charge in [-0.25, -0.2) is 22.8 Å². The van der Waals surface area contributed by atoms with E-state index < -0.39 is 39.5 Å². The Bertz CT molecular complexity index is 1990. The van der Waals surface area contributed by atoms with Gasteiger partial charge in [0.2, 0.25) is 0 Å². The first kappa shape index (κ1) is 38.2. The monoisotopic (exact) mass is 714 g/mol. The van der Waals surface area contributed by atoms with Crippen molar-refractivity contribution in [2.24, 2.45) is 10.8 Å². The normalized spacial score (nSPS) is 16.1. The number of hydrogen-bond acceptors (Lipinski definition) is 8. The Labute approximate surface area is 291 Å². The second-order valence-corrected chi connectivity index (χ2v) is 15.0. The molecule has 0 aliphatic heterocycles. The van der Waals surface area contributed by atoms with Gasteiger partial charge in [-0.1, -0.05) is 39.8 Å². The van der Waals surface area contributed by atoms with Crippen LogP contribution in [0, 0.1) is 28.3 Å². The van der Waals surface area contributed by atoms with E-state index in [0.29, 0.717) is 11.3 Å². The van der Waals surface area contributed by atoms with Gasteiger partial charge in [0.05, 0.1) is 38.7 Å². The van der Waals surface area contributed by atoms with Gasteiger partial charge in [0.25, 0.3) is 0 Å². The van der Waals surface area contributed by atoms with Crippen LogP contribution in [0.15, 0.2) is 54.6 Å². The number of rotatable bonds is 8. The summed E-state index contributed by atoms with van der Waals surface area (Å²) in [4.78, 5) is 23.7. The number of benzene rings is 3. The summed E-state index contributed by atoms with van der Waals surface area (Å²) < 4.78 is 86.5. The molecule has 0 heterocycles. The number of allylic oxidation sites excluding steroid dienone is 4. The molecule has 5 rings (SSSR count). The van der Waals surface area contributed by atoms with Crippen molar-refractivity contribution >= 4 is 33.2 Å². The van der Waals surface area contributed by atoms with Gasteiger partial charge < -0.3 is 18.4 Å². The maximum absolute atomic E-state index is 15.2. The summed E-state index contributed by atoms with van der Waals surface area (Å²) in [6, 6.07) is 9.20. The first-order valence-corrected chi connectivity index (χ1v) is 17.6. The summed E-state index contributed by atoms with van der Waals surface area (Å²) in [7, 11) is -0.00315. The van der Waals surface area contributed by atoms with Gasteiger partial charge in [-0.3, -0.25) is 0 Å². The predicted octanol–water partition coefficient (Wildman–Crippen LogP) is 8.78. The van der Waals surface area contributed by atoms with Gasteiger partial charge in [-0.05, 0) is 95.7 Å². The first-order chi connectivity index (χ1) is 23.3.